The van der Waals surface area contributed by atoms with Crippen molar-refractivity contribution in [3.05, 3.63) is 29.8 Å². The van der Waals surface area contributed by atoms with Crippen molar-refractivity contribution < 1.29 is 9.53 Å². The zero-order valence-corrected chi connectivity index (χ0v) is 7.64. The fourth-order valence-electron chi connectivity index (χ4n) is 0.886. The number of hydrogen-bond acceptors (Lipinski definition) is 3. The van der Waals surface area contributed by atoms with Gasteiger partial charge in [0, 0.05) is 5.75 Å². The van der Waals surface area contributed by atoms with Crippen LogP contribution in [0.3, 0.4) is 0 Å². The summed E-state index contributed by atoms with van der Waals surface area (Å²) in [6, 6.07) is 7.49. The molecule has 12 heavy (non-hydrogen) atoms. The summed E-state index contributed by atoms with van der Waals surface area (Å²) < 4.78 is 4.65. The summed E-state index contributed by atoms with van der Waals surface area (Å²) in [6.07, 6.45) is 2.05. The quantitative estimate of drug-likeness (QED) is 0.667. The van der Waals surface area contributed by atoms with E-state index in [4.69, 9.17) is 0 Å². The van der Waals surface area contributed by atoms with Crippen LogP contribution in [0, 0.1) is 0 Å². The number of thioether (sulfide) groups is 1. The molecule has 1 aromatic rings. The van der Waals surface area contributed by atoms with Crippen molar-refractivity contribution >= 4 is 18.2 Å². The molecule has 0 amide bonds. The molecular formula is C9H10O2S. The highest BCUT2D eigenvalue weighted by atomic mass is 32.2. The Morgan fingerprint density at radius 2 is 2.08 bits per heavy atom. The van der Waals surface area contributed by atoms with Crippen molar-refractivity contribution in [1.82, 2.24) is 0 Å². The normalized spacial score (nSPS) is 9.42. The molecule has 0 bridgehead atoms. The van der Waals surface area contributed by atoms with E-state index < -0.39 is 0 Å². The Hall–Kier alpha value is -0.960. The summed E-state index contributed by atoms with van der Waals surface area (Å²) in [6.45, 7) is 0.434. The fourth-order valence-corrected chi connectivity index (χ4v) is 1.41. The predicted octanol–water partition coefficient (Wildman–Crippen LogP) is 2.08. The lowest BCUT2D eigenvalue weighted by Gasteiger charge is -1.99. The van der Waals surface area contributed by atoms with Crippen molar-refractivity contribution in [3.8, 4) is 5.75 Å². The van der Waals surface area contributed by atoms with Gasteiger partial charge in [-0.15, -0.1) is 0 Å². The lowest BCUT2D eigenvalue weighted by Crippen LogP contribution is -1.88. The third-order valence-electron chi connectivity index (χ3n) is 1.42. The van der Waals surface area contributed by atoms with E-state index in [1.54, 1.807) is 23.9 Å². The monoisotopic (exact) mass is 182 g/mol. The Morgan fingerprint density at radius 3 is 2.58 bits per heavy atom. The molecular weight excluding hydrogens is 172 g/mol. The molecule has 2 nitrogen and oxygen atoms in total. The van der Waals surface area contributed by atoms with Crippen LogP contribution in [0.4, 0.5) is 0 Å². The van der Waals surface area contributed by atoms with Gasteiger partial charge in [-0.1, -0.05) is 12.1 Å². The smallest absolute Gasteiger partial charge is 0.298 e. The molecule has 0 saturated carbocycles. The maximum absolute atomic E-state index is 9.96. The van der Waals surface area contributed by atoms with Gasteiger partial charge in [0.2, 0.25) is 0 Å². The zero-order valence-electron chi connectivity index (χ0n) is 6.82. The standard InChI is InChI=1S/C9H10O2S/c1-12-6-8-2-4-9(5-3-8)11-7-10/h2-5,7H,6H2,1H3. The molecule has 0 aliphatic rings. The Bertz CT molecular complexity index is 243. The molecule has 0 spiro atoms. The SMILES string of the molecule is CSCc1ccc(OC=O)cc1. The van der Waals surface area contributed by atoms with Crippen molar-refractivity contribution in [2.45, 2.75) is 5.75 Å². The minimum Gasteiger partial charge on any atom is -0.429 e. The Balaban J connectivity index is 2.64. The molecule has 1 aromatic carbocycles. The molecule has 64 valence electrons. The number of carbonyl (C=O) groups is 1. The molecule has 0 saturated heterocycles. The van der Waals surface area contributed by atoms with Crippen LogP contribution in [-0.4, -0.2) is 12.7 Å². The summed E-state index contributed by atoms with van der Waals surface area (Å²) in [5.74, 6) is 1.58. The topological polar surface area (TPSA) is 26.3 Å². The van der Waals surface area contributed by atoms with Crippen molar-refractivity contribution in [3.63, 3.8) is 0 Å². The Kier molecular flexibility index (Phi) is 3.67. The van der Waals surface area contributed by atoms with Crippen LogP contribution in [0.5, 0.6) is 5.75 Å². The van der Waals surface area contributed by atoms with Gasteiger partial charge >= 0.3 is 0 Å². The fraction of sp³-hybridized carbons (Fsp3) is 0.222. The van der Waals surface area contributed by atoms with E-state index >= 15 is 0 Å². The highest BCUT2D eigenvalue weighted by Gasteiger charge is 1.93. The number of ether oxygens (including phenoxy) is 1. The summed E-state index contributed by atoms with van der Waals surface area (Å²) in [5.41, 5.74) is 1.24. The second-order valence-electron chi connectivity index (χ2n) is 2.29. The predicted molar refractivity (Wildman–Crippen MR) is 50.4 cm³/mol. The van der Waals surface area contributed by atoms with Crippen molar-refractivity contribution in [2.75, 3.05) is 6.26 Å². The van der Waals surface area contributed by atoms with Gasteiger partial charge in [-0.05, 0) is 24.0 Å². The minimum absolute atomic E-state index is 0.434. The first-order valence-electron chi connectivity index (χ1n) is 3.55. The van der Waals surface area contributed by atoms with Crippen molar-refractivity contribution in [1.29, 1.82) is 0 Å². The van der Waals surface area contributed by atoms with Crippen LogP contribution in [0.25, 0.3) is 0 Å². The molecule has 0 atom stereocenters. The Labute approximate surface area is 75.9 Å². The van der Waals surface area contributed by atoms with Gasteiger partial charge in [0.1, 0.15) is 5.75 Å². The maximum atomic E-state index is 9.96. The summed E-state index contributed by atoms with van der Waals surface area (Å²) in [5, 5.41) is 0. The number of carbonyl (C=O) groups excluding carboxylic acids is 1. The molecule has 3 heteroatoms. The molecule has 0 aliphatic carbocycles. The maximum Gasteiger partial charge on any atom is 0.298 e. The highest BCUT2D eigenvalue weighted by Crippen LogP contribution is 2.14. The van der Waals surface area contributed by atoms with Gasteiger partial charge in [0.15, 0.2) is 0 Å². The number of benzene rings is 1. The minimum atomic E-state index is 0.434. The molecule has 0 N–H and O–H groups in total. The van der Waals surface area contributed by atoms with Crippen LogP contribution < -0.4 is 4.74 Å². The lowest BCUT2D eigenvalue weighted by atomic mass is 10.2. The van der Waals surface area contributed by atoms with E-state index in [2.05, 4.69) is 11.0 Å². The third kappa shape index (κ3) is 2.58. The van der Waals surface area contributed by atoms with Gasteiger partial charge in [-0.2, -0.15) is 11.8 Å². The second-order valence-corrected chi connectivity index (χ2v) is 3.16. The third-order valence-corrected chi connectivity index (χ3v) is 2.04. The van der Waals surface area contributed by atoms with Crippen molar-refractivity contribution in [2.24, 2.45) is 0 Å². The first-order chi connectivity index (χ1) is 5.86. The van der Waals surface area contributed by atoms with Crippen LogP contribution in [0.1, 0.15) is 5.56 Å². The van der Waals surface area contributed by atoms with E-state index in [0.29, 0.717) is 12.2 Å². The van der Waals surface area contributed by atoms with Crippen LogP contribution in [-0.2, 0) is 10.5 Å². The summed E-state index contributed by atoms with van der Waals surface area (Å²) >= 11 is 1.76. The van der Waals surface area contributed by atoms with E-state index in [0.717, 1.165) is 5.75 Å². The first kappa shape index (κ1) is 9.13. The summed E-state index contributed by atoms with van der Waals surface area (Å²) in [4.78, 5) is 9.96. The number of rotatable bonds is 4. The average molecular weight is 182 g/mol. The molecule has 0 radical (unpaired) electrons. The first-order valence-corrected chi connectivity index (χ1v) is 4.94. The zero-order chi connectivity index (χ0) is 8.81. The molecule has 0 fully saturated rings. The average Bonchev–Trinajstić information content (AvgIpc) is 2.09. The van der Waals surface area contributed by atoms with Gasteiger partial charge in [-0.25, -0.2) is 0 Å². The van der Waals surface area contributed by atoms with E-state index in [9.17, 15) is 4.79 Å². The second kappa shape index (κ2) is 4.83. The molecule has 1 rings (SSSR count). The van der Waals surface area contributed by atoms with Gasteiger partial charge in [0.05, 0.1) is 0 Å². The van der Waals surface area contributed by atoms with Gasteiger partial charge in [-0.3, -0.25) is 4.79 Å². The molecule has 0 heterocycles. The summed E-state index contributed by atoms with van der Waals surface area (Å²) in [7, 11) is 0. The largest absolute Gasteiger partial charge is 0.429 e. The molecule has 0 unspecified atom stereocenters. The van der Waals surface area contributed by atoms with E-state index in [1.807, 2.05) is 12.1 Å². The van der Waals surface area contributed by atoms with E-state index in [1.165, 1.54) is 5.56 Å². The van der Waals surface area contributed by atoms with Crippen LogP contribution in [0.2, 0.25) is 0 Å². The molecule has 0 aliphatic heterocycles. The van der Waals surface area contributed by atoms with Crippen LogP contribution >= 0.6 is 11.8 Å². The van der Waals surface area contributed by atoms with Gasteiger partial charge in [0.25, 0.3) is 6.47 Å². The van der Waals surface area contributed by atoms with Gasteiger partial charge < -0.3 is 4.74 Å². The Morgan fingerprint density at radius 1 is 1.42 bits per heavy atom. The van der Waals surface area contributed by atoms with E-state index in [-0.39, 0.29) is 0 Å². The highest BCUT2D eigenvalue weighted by molar-refractivity contribution is 7.97. The molecule has 0 aromatic heterocycles. The lowest BCUT2D eigenvalue weighted by molar-refractivity contribution is -0.120. The number of hydrogen-bond donors (Lipinski definition) is 0. The van der Waals surface area contributed by atoms with Crippen LogP contribution in [0.15, 0.2) is 24.3 Å².